The van der Waals surface area contributed by atoms with Crippen LogP contribution in [-0.4, -0.2) is 107 Å². The van der Waals surface area contributed by atoms with Gasteiger partial charge in [0.25, 0.3) is 0 Å². The minimum atomic E-state index is -1.96. The molecular formula is C26H28O14. The van der Waals surface area contributed by atoms with Crippen LogP contribution in [0.2, 0.25) is 0 Å². The van der Waals surface area contributed by atoms with Gasteiger partial charge in [0.15, 0.2) is 11.0 Å². The van der Waals surface area contributed by atoms with Crippen LogP contribution in [0.5, 0.6) is 17.2 Å². The van der Waals surface area contributed by atoms with Crippen LogP contribution in [-0.2, 0) is 9.47 Å². The van der Waals surface area contributed by atoms with Crippen molar-refractivity contribution in [3.63, 3.8) is 0 Å². The lowest BCUT2D eigenvalue weighted by molar-refractivity contribution is -0.231. The third-order valence-electron chi connectivity index (χ3n) is 7.31. The van der Waals surface area contributed by atoms with Gasteiger partial charge >= 0.3 is 0 Å². The van der Waals surface area contributed by atoms with Crippen LogP contribution in [0.25, 0.3) is 22.3 Å². The minimum absolute atomic E-state index is 0.0767. The molecule has 14 nitrogen and oxygen atoms in total. The van der Waals surface area contributed by atoms with Gasteiger partial charge in [0.2, 0.25) is 0 Å². The van der Waals surface area contributed by atoms with Crippen molar-refractivity contribution < 1.29 is 65.0 Å². The molecule has 0 amide bonds. The zero-order valence-corrected chi connectivity index (χ0v) is 20.6. The molecule has 0 unspecified atom stereocenters. The lowest BCUT2D eigenvalue weighted by atomic mass is 9.85. The first kappa shape index (κ1) is 28.2. The Morgan fingerprint density at radius 3 is 2.08 bits per heavy atom. The second kappa shape index (κ2) is 10.6. The maximum absolute atomic E-state index is 13.4. The third-order valence-corrected chi connectivity index (χ3v) is 7.31. The summed E-state index contributed by atoms with van der Waals surface area (Å²) in [4.78, 5) is 13.4. The summed E-state index contributed by atoms with van der Waals surface area (Å²) in [5, 5.41) is 104. The Bertz CT molecular complexity index is 1450. The quantitative estimate of drug-likeness (QED) is 0.169. The highest BCUT2D eigenvalue weighted by molar-refractivity contribution is 5.92. The maximum atomic E-state index is 13.4. The molecule has 3 aromatic rings. The molecule has 40 heavy (non-hydrogen) atoms. The first-order valence-corrected chi connectivity index (χ1v) is 12.3. The van der Waals surface area contributed by atoms with Crippen molar-refractivity contribution in [3.8, 4) is 28.6 Å². The fraction of sp³-hybridized carbons (Fsp3) is 0.423. The molecule has 0 radical (unpaired) electrons. The van der Waals surface area contributed by atoms with E-state index < -0.39 is 107 Å². The molecule has 14 heteroatoms. The second-order valence-electron chi connectivity index (χ2n) is 9.80. The summed E-state index contributed by atoms with van der Waals surface area (Å²) < 4.78 is 16.9. The lowest BCUT2D eigenvalue weighted by Gasteiger charge is -2.41. The molecule has 2 aliphatic rings. The third kappa shape index (κ3) is 4.49. The molecule has 2 saturated heterocycles. The summed E-state index contributed by atoms with van der Waals surface area (Å²) in [6.07, 6.45) is -15.7. The summed E-state index contributed by atoms with van der Waals surface area (Å²) in [5.41, 5.74) is -2.19. The van der Waals surface area contributed by atoms with Gasteiger partial charge in [-0.15, -0.1) is 0 Å². The number of aromatic hydroxyl groups is 3. The van der Waals surface area contributed by atoms with Crippen LogP contribution >= 0.6 is 0 Å². The highest BCUT2D eigenvalue weighted by atomic mass is 16.5. The van der Waals surface area contributed by atoms with Crippen LogP contribution in [0, 0.1) is 0 Å². The number of hydrogen-bond acceptors (Lipinski definition) is 14. The number of benzene rings is 2. The molecule has 0 saturated carbocycles. The number of phenols is 3. The second-order valence-corrected chi connectivity index (χ2v) is 9.80. The average Bonchev–Trinajstić information content (AvgIpc) is 2.92. The Kier molecular flexibility index (Phi) is 7.47. The van der Waals surface area contributed by atoms with E-state index in [-0.39, 0.29) is 11.5 Å². The van der Waals surface area contributed by atoms with E-state index in [0.717, 1.165) is 6.07 Å². The first-order chi connectivity index (χ1) is 19.0. The van der Waals surface area contributed by atoms with E-state index in [1.54, 1.807) is 0 Å². The first-order valence-electron chi connectivity index (χ1n) is 12.3. The zero-order valence-electron chi connectivity index (χ0n) is 20.6. The van der Waals surface area contributed by atoms with Gasteiger partial charge in [0, 0.05) is 11.6 Å². The summed E-state index contributed by atoms with van der Waals surface area (Å²) in [6.45, 7) is -1.34. The van der Waals surface area contributed by atoms with Crippen LogP contribution in [0.1, 0.15) is 23.3 Å². The molecule has 2 aromatic carbocycles. The molecule has 216 valence electrons. The largest absolute Gasteiger partial charge is 0.508 e. The predicted octanol–water partition coefficient (Wildman–Crippen LogP) is -1.75. The fourth-order valence-corrected chi connectivity index (χ4v) is 5.11. The topological polar surface area (TPSA) is 251 Å². The van der Waals surface area contributed by atoms with Crippen molar-refractivity contribution in [2.75, 3.05) is 13.2 Å². The van der Waals surface area contributed by atoms with Gasteiger partial charge in [0.1, 0.15) is 83.3 Å². The molecule has 2 aliphatic heterocycles. The molecular weight excluding hydrogens is 536 g/mol. The van der Waals surface area contributed by atoms with Crippen molar-refractivity contribution in [1.29, 1.82) is 0 Å². The van der Waals surface area contributed by atoms with Gasteiger partial charge in [-0.2, -0.15) is 0 Å². The van der Waals surface area contributed by atoms with E-state index in [1.807, 2.05) is 0 Å². The van der Waals surface area contributed by atoms with E-state index in [0.29, 0.717) is 5.56 Å². The highest BCUT2D eigenvalue weighted by Crippen LogP contribution is 2.50. The number of fused-ring (bicyclic) bond motifs is 1. The Hall–Kier alpha value is -3.31. The molecule has 0 bridgehead atoms. The van der Waals surface area contributed by atoms with Crippen molar-refractivity contribution in [3.05, 3.63) is 51.7 Å². The molecule has 1 aromatic heterocycles. The fourth-order valence-electron chi connectivity index (χ4n) is 5.11. The average molecular weight is 564 g/mol. The van der Waals surface area contributed by atoms with E-state index in [2.05, 4.69) is 0 Å². The molecule has 0 spiro atoms. The zero-order chi connectivity index (χ0) is 29.0. The van der Waals surface area contributed by atoms with Gasteiger partial charge in [-0.3, -0.25) is 4.79 Å². The monoisotopic (exact) mass is 564 g/mol. The standard InChI is InChI=1S/C26H28O14/c27-6-13-18(32)21(35)23(37)26(40-13)16-20(34)15(25-22(36)17(31)11(30)7-38-25)19(33)14-10(29)5-12(39-24(14)16)8-1-3-9(28)4-2-8/h1-5,11,13,17-18,21-23,25-28,30-37H,6-7H2/t11-,13-,17-,18+,21-,22-,23+,25-,26-/m0/s1. The van der Waals surface area contributed by atoms with E-state index in [1.165, 1.54) is 24.3 Å². The minimum Gasteiger partial charge on any atom is -0.508 e. The summed E-state index contributed by atoms with van der Waals surface area (Å²) in [7, 11) is 0. The number of rotatable bonds is 4. The van der Waals surface area contributed by atoms with Gasteiger partial charge < -0.3 is 65.0 Å². The van der Waals surface area contributed by atoms with Crippen molar-refractivity contribution in [2.24, 2.45) is 0 Å². The highest BCUT2D eigenvalue weighted by Gasteiger charge is 2.48. The van der Waals surface area contributed by atoms with E-state index in [4.69, 9.17) is 13.9 Å². The summed E-state index contributed by atoms with van der Waals surface area (Å²) in [5.74, 6) is -2.00. The Balaban J connectivity index is 1.81. The predicted molar refractivity (Wildman–Crippen MR) is 132 cm³/mol. The van der Waals surface area contributed by atoms with Crippen molar-refractivity contribution in [1.82, 2.24) is 0 Å². The number of aliphatic hydroxyl groups excluding tert-OH is 7. The van der Waals surface area contributed by atoms with Gasteiger partial charge in [-0.1, -0.05) is 0 Å². The number of phenolic OH excluding ortho intramolecular Hbond substituents is 3. The van der Waals surface area contributed by atoms with Gasteiger partial charge in [0.05, 0.1) is 24.3 Å². The molecule has 9 atom stereocenters. The van der Waals surface area contributed by atoms with Crippen molar-refractivity contribution >= 4 is 11.0 Å². The SMILES string of the molecule is O=c1cc(-c2ccc(O)cc2)oc2c([C@@H]3O[C@@H](CO)[C@@H](O)[C@H](O)[C@H]3O)c(O)c([C@@H]3OC[C@H](O)[C@H](O)[C@@H]3O)c(O)c12. The number of aliphatic hydroxyl groups is 7. The molecule has 0 aliphatic carbocycles. The molecule has 3 heterocycles. The normalized spacial score (nSPS) is 32.8. The smallest absolute Gasteiger partial charge is 0.197 e. The van der Waals surface area contributed by atoms with Gasteiger partial charge in [-0.05, 0) is 24.3 Å². The van der Waals surface area contributed by atoms with E-state index >= 15 is 0 Å². The Labute approximate surface area is 224 Å². The molecule has 5 rings (SSSR count). The van der Waals surface area contributed by atoms with Crippen LogP contribution < -0.4 is 5.43 Å². The van der Waals surface area contributed by atoms with E-state index in [9.17, 15) is 55.9 Å². The number of hydrogen-bond donors (Lipinski definition) is 10. The Morgan fingerprint density at radius 1 is 0.775 bits per heavy atom. The summed E-state index contributed by atoms with van der Waals surface area (Å²) >= 11 is 0. The van der Waals surface area contributed by atoms with Gasteiger partial charge in [-0.25, -0.2) is 0 Å². The van der Waals surface area contributed by atoms with Crippen LogP contribution in [0.4, 0.5) is 0 Å². The summed E-state index contributed by atoms with van der Waals surface area (Å²) in [6, 6.07) is 6.47. The number of ether oxygens (including phenoxy) is 2. The van der Waals surface area contributed by atoms with Crippen molar-refractivity contribution in [2.45, 2.75) is 54.9 Å². The Morgan fingerprint density at radius 2 is 1.43 bits per heavy atom. The van der Waals surface area contributed by atoms with Crippen LogP contribution in [0.15, 0.2) is 39.5 Å². The molecule has 10 N–H and O–H groups in total. The lowest BCUT2D eigenvalue weighted by Crippen LogP contribution is -2.55. The maximum Gasteiger partial charge on any atom is 0.197 e. The van der Waals surface area contributed by atoms with Crippen LogP contribution in [0.3, 0.4) is 0 Å². The molecule has 2 fully saturated rings.